The van der Waals surface area contributed by atoms with Crippen LogP contribution in [0, 0.1) is 13.8 Å². The predicted octanol–water partition coefficient (Wildman–Crippen LogP) is 5.25. The van der Waals surface area contributed by atoms with Gasteiger partial charge in [-0.05, 0) is 48.7 Å². The number of aromatic nitrogens is 5. The first-order valence-corrected chi connectivity index (χ1v) is 11.3. The minimum Gasteiger partial charge on any atom is -0.308 e. The van der Waals surface area contributed by atoms with Crippen molar-refractivity contribution in [3.8, 4) is 11.1 Å². The van der Waals surface area contributed by atoms with E-state index in [2.05, 4.69) is 32.6 Å². The molecule has 0 unspecified atom stereocenters. The van der Waals surface area contributed by atoms with E-state index in [1.807, 2.05) is 73.1 Å². The smallest absolute Gasteiger partial charge is 0.247 e. The molecule has 3 aromatic heterocycles. The number of pyridine rings is 1. The molecule has 0 aliphatic heterocycles. The van der Waals surface area contributed by atoms with Gasteiger partial charge in [-0.2, -0.15) is 10.2 Å². The molecule has 0 aliphatic rings. The molecule has 5 aromatic rings. The number of amides is 1. The van der Waals surface area contributed by atoms with Crippen molar-refractivity contribution >= 4 is 34.4 Å². The molecule has 34 heavy (non-hydrogen) atoms. The molecular weight excluding hydrogens is 448 g/mol. The quantitative estimate of drug-likeness (QED) is 0.367. The van der Waals surface area contributed by atoms with Gasteiger partial charge in [-0.1, -0.05) is 54.1 Å². The minimum atomic E-state index is -0.219. The topological polar surface area (TPSA) is 77.6 Å². The van der Waals surface area contributed by atoms with E-state index < -0.39 is 0 Å². The van der Waals surface area contributed by atoms with E-state index in [1.165, 1.54) is 0 Å². The van der Waals surface area contributed by atoms with Crippen molar-refractivity contribution < 1.29 is 4.79 Å². The zero-order valence-electron chi connectivity index (χ0n) is 18.9. The van der Waals surface area contributed by atoms with Crippen LogP contribution < -0.4 is 5.32 Å². The van der Waals surface area contributed by atoms with E-state index in [9.17, 15) is 4.79 Å². The standard InChI is InChI=1S/C26H23ClN6O/c1-17-13-23(31-32(17)15-19-7-6-10-21(27)14-19)29-24(34)16-33-26-25(18(2)30-33)22(11-12-28-26)20-8-4-3-5-9-20/h3-14H,15-16H2,1-2H3,(H,29,31,34). The van der Waals surface area contributed by atoms with Crippen molar-refractivity contribution in [1.29, 1.82) is 0 Å². The van der Waals surface area contributed by atoms with Crippen LogP contribution in [0.4, 0.5) is 5.82 Å². The van der Waals surface area contributed by atoms with E-state index in [4.69, 9.17) is 11.6 Å². The molecule has 0 atom stereocenters. The highest BCUT2D eigenvalue weighted by atomic mass is 35.5. The van der Waals surface area contributed by atoms with E-state index in [1.54, 1.807) is 10.9 Å². The summed E-state index contributed by atoms with van der Waals surface area (Å²) in [6, 6.07) is 21.6. The fourth-order valence-corrected chi connectivity index (χ4v) is 4.32. The van der Waals surface area contributed by atoms with Crippen LogP contribution in [0.15, 0.2) is 72.9 Å². The molecule has 8 heteroatoms. The minimum absolute atomic E-state index is 0.0375. The number of anilines is 1. The summed E-state index contributed by atoms with van der Waals surface area (Å²) in [6.45, 7) is 4.49. The van der Waals surface area contributed by atoms with Gasteiger partial charge in [-0.15, -0.1) is 0 Å². The van der Waals surface area contributed by atoms with E-state index in [-0.39, 0.29) is 12.5 Å². The second-order valence-electron chi connectivity index (χ2n) is 8.17. The average Bonchev–Trinajstić information content (AvgIpc) is 3.32. The normalized spacial score (nSPS) is 11.1. The molecule has 2 aromatic carbocycles. The molecule has 0 aliphatic carbocycles. The van der Waals surface area contributed by atoms with Crippen LogP contribution in [0.2, 0.25) is 5.02 Å². The van der Waals surface area contributed by atoms with Gasteiger partial charge in [-0.3, -0.25) is 9.48 Å². The molecule has 5 rings (SSSR count). The maximum Gasteiger partial charge on any atom is 0.247 e. The molecule has 1 N–H and O–H groups in total. The molecule has 3 heterocycles. The maximum atomic E-state index is 12.8. The lowest BCUT2D eigenvalue weighted by atomic mass is 10.0. The third-order valence-electron chi connectivity index (χ3n) is 5.66. The van der Waals surface area contributed by atoms with Crippen molar-refractivity contribution in [1.82, 2.24) is 24.5 Å². The third-order valence-corrected chi connectivity index (χ3v) is 5.89. The van der Waals surface area contributed by atoms with Crippen molar-refractivity contribution in [2.24, 2.45) is 0 Å². The van der Waals surface area contributed by atoms with Crippen LogP contribution in [0.1, 0.15) is 17.0 Å². The number of nitrogens with one attached hydrogen (secondary N) is 1. The summed E-state index contributed by atoms with van der Waals surface area (Å²) in [5.41, 5.74) is 5.61. The Hall–Kier alpha value is -3.97. The molecule has 0 saturated heterocycles. The highest BCUT2D eigenvalue weighted by molar-refractivity contribution is 6.30. The predicted molar refractivity (Wildman–Crippen MR) is 134 cm³/mol. The zero-order valence-corrected chi connectivity index (χ0v) is 19.6. The number of hydrogen-bond acceptors (Lipinski definition) is 4. The number of rotatable bonds is 6. The van der Waals surface area contributed by atoms with Crippen LogP contribution in [-0.4, -0.2) is 30.5 Å². The molecular formula is C26H23ClN6O. The Labute approximate surface area is 202 Å². The Morgan fingerprint density at radius 2 is 1.79 bits per heavy atom. The number of nitrogens with zero attached hydrogens (tertiary/aromatic N) is 5. The summed E-state index contributed by atoms with van der Waals surface area (Å²) < 4.78 is 3.48. The molecule has 1 amide bonds. The Morgan fingerprint density at radius 1 is 0.971 bits per heavy atom. The number of aryl methyl sites for hydroxylation is 2. The first-order chi connectivity index (χ1) is 16.5. The Balaban J connectivity index is 1.35. The Kier molecular flexibility index (Phi) is 5.86. The highest BCUT2D eigenvalue weighted by Crippen LogP contribution is 2.29. The number of benzene rings is 2. The van der Waals surface area contributed by atoms with Crippen LogP contribution >= 0.6 is 11.6 Å². The number of carbonyl (C=O) groups is 1. The van der Waals surface area contributed by atoms with Gasteiger partial charge in [0.1, 0.15) is 6.54 Å². The van der Waals surface area contributed by atoms with Gasteiger partial charge < -0.3 is 5.32 Å². The number of hydrogen-bond donors (Lipinski definition) is 1. The van der Waals surface area contributed by atoms with Gasteiger partial charge in [-0.25, -0.2) is 9.67 Å². The largest absolute Gasteiger partial charge is 0.308 e. The Bertz CT molecular complexity index is 1490. The zero-order chi connectivity index (χ0) is 23.7. The van der Waals surface area contributed by atoms with Gasteiger partial charge in [0.2, 0.25) is 5.91 Å². The summed E-state index contributed by atoms with van der Waals surface area (Å²) in [5, 5.41) is 13.6. The number of halogens is 1. The van der Waals surface area contributed by atoms with Gasteiger partial charge in [0, 0.05) is 28.4 Å². The average molecular weight is 471 g/mol. The second kappa shape index (κ2) is 9.11. The van der Waals surface area contributed by atoms with Crippen molar-refractivity contribution in [3.63, 3.8) is 0 Å². The molecule has 7 nitrogen and oxygen atoms in total. The van der Waals surface area contributed by atoms with Crippen LogP contribution in [-0.2, 0) is 17.9 Å². The highest BCUT2D eigenvalue weighted by Gasteiger charge is 2.17. The van der Waals surface area contributed by atoms with Crippen molar-refractivity contribution in [2.75, 3.05) is 5.32 Å². The first-order valence-electron chi connectivity index (χ1n) is 10.9. The van der Waals surface area contributed by atoms with Gasteiger partial charge in [0.15, 0.2) is 11.5 Å². The molecule has 0 radical (unpaired) electrons. The van der Waals surface area contributed by atoms with E-state index in [0.29, 0.717) is 23.0 Å². The number of carbonyl (C=O) groups excluding carboxylic acids is 1. The molecule has 0 spiro atoms. The van der Waals surface area contributed by atoms with Crippen LogP contribution in [0.5, 0.6) is 0 Å². The number of fused-ring (bicyclic) bond motifs is 1. The molecule has 0 saturated carbocycles. The summed E-state index contributed by atoms with van der Waals surface area (Å²) in [5.74, 6) is 0.277. The lowest BCUT2D eigenvalue weighted by molar-refractivity contribution is -0.116. The molecule has 0 fully saturated rings. The van der Waals surface area contributed by atoms with Crippen molar-refractivity contribution in [2.45, 2.75) is 26.9 Å². The van der Waals surface area contributed by atoms with Gasteiger partial charge in [0.25, 0.3) is 0 Å². The second-order valence-corrected chi connectivity index (χ2v) is 8.61. The lowest BCUT2D eigenvalue weighted by Gasteiger charge is -2.06. The Morgan fingerprint density at radius 3 is 2.59 bits per heavy atom. The fraction of sp³-hybridized carbons (Fsp3) is 0.154. The summed E-state index contributed by atoms with van der Waals surface area (Å²) >= 11 is 6.09. The summed E-state index contributed by atoms with van der Waals surface area (Å²) in [7, 11) is 0. The summed E-state index contributed by atoms with van der Waals surface area (Å²) in [6.07, 6.45) is 1.75. The fourth-order valence-electron chi connectivity index (χ4n) is 4.11. The maximum absolute atomic E-state index is 12.8. The lowest BCUT2D eigenvalue weighted by Crippen LogP contribution is -2.20. The SMILES string of the molecule is Cc1nn(CC(=O)Nc2cc(C)n(Cc3cccc(Cl)c3)n2)c2nccc(-c3ccccc3)c12. The summed E-state index contributed by atoms with van der Waals surface area (Å²) in [4.78, 5) is 17.4. The van der Waals surface area contributed by atoms with Crippen molar-refractivity contribution in [3.05, 3.63) is 94.9 Å². The van der Waals surface area contributed by atoms with Crippen LogP contribution in [0.3, 0.4) is 0 Å². The van der Waals surface area contributed by atoms with Crippen LogP contribution in [0.25, 0.3) is 22.2 Å². The van der Waals surface area contributed by atoms with E-state index >= 15 is 0 Å². The van der Waals surface area contributed by atoms with Gasteiger partial charge >= 0.3 is 0 Å². The molecule has 0 bridgehead atoms. The third kappa shape index (κ3) is 4.43. The van der Waals surface area contributed by atoms with Gasteiger partial charge in [0.05, 0.1) is 12.2 Å². The van der Waals surface area contributed by atoms with E-state index in [0.717, 1.165) is 33.5 Å². The molecule has 170 valence electrons. The monoisotopic (exact) mass is 470 g/mol. The first kappa shape index (κ1) is 21.9.